The summed E-state index contributed by atoms with van der Waals surface area (Å²) in [4.78, 5) is 0.0997. The number of ether oxygens (including phenoxy) is 1. The molecule has 3 N–H and O–H groups in total. The molecule has 1 aromatic carbocycles. The van der Waals surface area contributed by atoms with Gasteiger partial charge in [-0.15, -0.1) is 0 Å². The van der Waals surface area contributed by atoms with E-state index in [1.54, 1.807) is 12.1 Å². The maximum absolute atomic E-state index is 12.1. The second-order valence-electron chi connectivity index (χ2n) is 3.82. The van der Waals surface area contributed by atoms with Crippen LogP contribution in [0.25, 0.3) is 0 Å². The molecule has 1 aromatic rings. The molecule has 1 rings (SSSR count). The minimum atomic E-state index is -3.62. The fourth-order valence-corrected chi connectivity index (χ4v) is 3.10. The van der Waals surface area contributed by atoms with E-state index in [0.717, 1.165) is 0 Å². The number of sulfonamides is 1. The zero-order valence-electron chi connectivity index (χ0n) is 10.3. The second-order valence-corrected chi connectivity index (χ2v) is 6.47. The van der Waals surface area contributed by atoms with Gasteiger partial charge in [-0.3, -0.25) is 0 Å². The molecule has 0 fully saturated rings. The van der Waals surface area contributed by atoms with Gasteiger partial charge in [-0.2, -0.15) is 0 Å². The van der Waals surface area contributed by atoms with Gasteiger partial charge in [0.05, 0.1) is 7.11 Å². The van der Waals surface area contributed by atoms with Crippen LogP contribution in [0.15, 0.2) is 27.6 Å². The van der Waals surface area contributed by atoms with Crippen molar-refractivity contribution in [2.75, 3.05) is 13.7 Å². The van der Waals surface area contributed by atoms with Crippen molar-refractivity contribution >= 4 is 26.0 Å². The Kier molecular flexibility index (Phi) is 5.58. The smallest absolute Gasteiger partial charge is 0.244 e. The number of rotatable bonds is 6. The predicted molar refractivity (Wildman–Crippen MR) is 74.1 cm³/mol. The Bertz CT molecular complexity index is 505. The van der Waals surface area contributed by atoms with Gasteiger partial charge in [-0.25, -0.2) is 13.1 Å². The number of hydrogen-bond acceptors (Lipinski definition) is 4. The summed E-state index contributed by atoms with van der Waals surface area (Å²) in [6.07, 6.45) is 0.706. The van der Waals surface area contributed by atoms with Crippen molar-refractivity contribution in [2.24, 2.45) is 5.73 Å². The van der Waals surface area contributed by atoms with Gasteiger partial charge >= 0.3 is 0 Å². The van der Waals surface area contributed by atoms with Crippen molar-refractivity contribution in [1.82, 2.24) is 4.72 Å². The maximum Gasteiger partial charge on any atom is 0.244 e. The van der Waals surface area contributed by atoms with Crippen LogP contribution in [-0.4, -0.2) is 28.1 Å². The highest BCUT2D eigenvalue weighted by Crippen LogP contribution is 2.26. The lowest BCUT2D eigenvalue weighted by molar-refractivity contribution is 0.402. The highest BCUT2D eigenvalue weighted by atomic mass is 79.9. The number of methoxy groups -OCH3 is 1. The average Bonchev–Trinajstić information content (AvgIpc) is 2.36. The molecule has 0 radical (unpaired) electrons. The van der Waals surface area contributed by atoms with Crippen molar-refractivity contribution in [3.8, 4) is 5.75 Å². The van der Waals surface area contributed by atoms with Crippen molar-refractivity contribution in [1.29, 1.82) is 0 Å². The van der Waals surface area contributed by atoms with Crippen LogP contribution in [0.1, 0.15) is 13.3 Å². The maximum atomic E-state index is 12.1. The molecule has 5 nitrogen and oxygen atoms in total. The van der Waals surface area contributed by atoms with E-state index in [2.05, 4.69) is 20.7 Å². The summed E-state index contributed by atoms with van der Waals surface area (Å²) in [5.74, 6) is 0.302. The van der Waals surface area contributed by atoms with Gasteiger partial charge in [-0.05, 0) is 24.6 Å². The van der Waals surface area contributed by atoms with Gasteiger partial charge in [0, 0.05) is 17.1 Å². The minimum absolute atomic E-state index is 0.0997. The molecule has 1 unspecified atom stereocenters. The first-order chi connectivity index (χ1) is 8.40. The second kappa shape index (κ2) is 6.51. The number of nitrogens with two attached hydrogens (primary N) is 1. The van der Waals surface area contributed by atoms with Crippen LogP contribution >= 0.6 is 15.9 Å². The highest BCUT2D eigenvalue weighted by Gasteiger charge is 2.20. The van der Waals surface area contributed by atoms with Crippen LogP contribution in [0.5, 0.6) is 5.75 Å². The molecule has 0 amide bonds. The Morgan fingerprint density at radius 2 is 2.17 bits per heavy atom. The third-order valence-electron chi connectivity index (χ3n) is 2.48. The Hall–Kier alpha value is -0.630. The van der Waals surface area contributed by atoms with E-state index in [4.69, 9.17) is 10.5 Å². The number of hydrogen-bond donors (Lipinski definition) is 2. The first-order valence-electron chi connectivity index (χ1n) is 5.49. The van der Waals surface area contributed by atoms with Crippen LogP contribution in [0, 0.1) is 0 Å². The van der Waals surface area contributed by atoms with Crippen molar-refractivity contribution in [3.63, 3.8) is 0 Å². The molecule has 0 spiro atoms. The summed E-state index contributed by atoms with van der Waals surface area (Å²) in [7, 11) is -2.19. The van der Waals surface area contributed by atoms with Crippen LogP contribution < -0.4 is 15.2 Å². The lowest BCUT2D eigenvalue weighted by Gasteiger charge is -2.13. The third kappa shape index (κ3) is 3.94. The molecule has 0 bridgehead atoms. The van der Waals surface area contributed by atoms with E-state index < -0.39 is 10.0 Å². The molecule has 0 aliphatic carbocycles. The standard InChI is InChI=1S/C11H17BrN2O3S/c1-3-9(13)7-14-18(15,16)11-6-8(12)4-5-10(11)17-2/h4-6,9,14H,3,7,13H2,1-2H3. The van der Waals surface area contributed by atoms with E-state index in [0.29, 0.717) is 16.6 Å². The predicted octanol–water partition coefficient (Wildman–Crippen LogP) is 1.47. The summed E-state index contributed by atoms with van der Waals surface area (Å²) in [6.45, 7) is 2.10. The summed E-state index contributed by atoms with van der Waals surface area (Å²) < 4.78 is 32.4. The third-order valence-corrected chi connectivity index (χ3v) is 4.41. The molecular weight excluding hydrogens is 320 g/mol. The molecule has 0 aliphatic rings. The molecule has 0 aromatic heterocycles. The lowest BCUT2D eigenvalue weighted by Crippen LogP contribution is -2.36. The summed E-state index contributed by atoms with van der Waals surface area (Å²) in [6, 6.07) is 4.62. The Morgan fingerprint density at radius 3 is 2.72 bits per heavy atom. The monoisotopic (exact) mass is 336 g/mol. The van der Waals surface area contributed by atoms with Gasteiger partial charge in [-0.1, -0.05) is 22.9 Å². The Labute approximate surface area is 116 Å². The SMILES string of the molecule is CCC(N)CNS(=O)(=O)c1cc(Br)ccc1OC. The van der Waals surface area contributed by atoms with Gasteiger partial charge in [0.1, 0.15) is 10.6 Å². The molecule has 1 atom stereocenters. The van der Waals surface area contributed by atoms with Crippen LogP contribution in [0.2, 0.25) is 0 Å². The van der Waals surface area contributed by atoms with Crippen molar-refractivity contribution in [3.05, 3.63) is 22.7 Å². The highest BCUT2D eigenvalue weighted by molar-refractivity contribution is 9.10. The fourth-order valence-electron chi connectivity index (χ4n) is 1.30. The van der Waals surface area contributed by atoms with Crippen LogP contribution in [0.4, 0.5) is 0 Å². The molecule has 0 saturated heterocycles. The zero-order chi connectivity index (χ0) is 13.8. The van der Waals surface area contributed by atoms with E-state index in [-0.39, 0.29) is 17.5 Å². The number of nitrogens with one attached hydrogen (secondary N) is 1. The van der Waals surface area contributed by atoms with E-state index in [1.165, 1.54) is 13.2 Å². The van der Waals surface area contributed by atoms with Crippen LogP contribution in [0.3, 0.4) is 0 Å². The van der Waals surface area contributed by atoms with Gasteiger partial charge in [0.15, 0.2) is 0 Å². The Balaban J connectivity index is 3.00. The van der Waals surface area contributed by atoms with E-state index in [1.807, 2.05) is 6.92 Å². The van der Waals surface area contributed by atoms with E-state index >= 15 is 0 Å². The lowest BCUT2D eigenvalue weighted by atomic mass is 10.2. The Morgan fingerprint density at radius 1 is 1.50 bits per heavy atom. The molecule has 18 heavy (non-hydrogen) atoms. The largest absolute Gasteiger partial charge is 0.495 e. The molecule has 102 valence electrons. The quantitative estimate of drug-likeness (QED) is 0.824. The fraction of sp³-hybridized carbons (Fsp3) is 0.455. The summed E-state index contributed by atoms with van der Waals surface area (Å²) >= 11 is 3.24. The van der Waals surface area contributed by atoms with Gasteiger partial charge in [0.2, 0.25) is 10.0 Å². The number of halogens is 1. The molecule has 0 heterocycles. The van der Waals surface area contributed by atoms with Gasteiger partial charge < -0.3 is 10.5 Å². The molecule has 0 saturated carbocycles. The average molecular weight is 337 g/mol. The topological polar surface area (TPSA) is 81.4 Å². The summed E-state index contributed by atoms with van der Waals surface area (Å²) in [5.41, 5.74) is 5.69. The molecule has 7 heteroatoms. The number of benzene rings is 1. The van der Waals surface area contributed by atoms with Crippen molar-refractivity contribution in [2.45, 2.75) is 24.3 Å². The molecular formula is C11H17BrN2O3S. The minimum Gasteiger partial charge on any atom is -0.495 e. The summed E-state index contributed by atoms with van der Waals surface area (Å²) in [5, 5.41) is 0. The first kappa shape index (κ1) is 15.4. The normalized spacial score (nSPS) is 13.3. The van der Waals surface area contributed by atoms with Crippen LogP contribution in [-0.2, 0) is 10.0 Å². The van der Waals surface area contributed by atoms with E-state index in [9.17, 15) is 8.42 Å². The first-order valence-corrected chi connectivity index (χ1v) is 7.77. The zero-order valence-corrected chi connectivity index (χ0v) is 12.7. The van der Waals surface area contributed by atoms with Crippen molar-refractivity contribution < 1.29 is 13.2 Å². The molecule has 0 aliphatic heterocycles. The van der Waals surface area contributed by atoms with Gasteiger partial charge in [0.25, 0.3) is 0 Å².